The normalized spacial score (nSPS) is 10.2. The van der Waals surface area contributed by atoms with E-state index in [0.717, 1.165) is 12.1 Å². The summed E-state index contributed by atoms with van der Waals surface area (Å²) < 4.78 is 5.13. The summed E-state index contributed by atoms with van der Waals surface area (Å²) in [6.07, 6.45) is 3.46. The second kappa shape index (κ2) is 7.48. The van der Waals surface area contributed by atoms with Gasteiger partial charge in [0, 0.05) is 11.3 Å². The van der Waals surface area contributed by atoms with Crippen molar-refractivity contribution < 1.29 is 9.53 Å². The molecule has 0 saturated carbocycles. The molecule has 0 atom stereocenters. The van der Waals surface area contributed by atoms with Crippen LogP contribution < -0.4 is 10.1 Å². The number of anilines is 1. The second-order valence-corrected chi connectivity index (χ2v) is 4.99. The molecule has 0 saturated heterocycles. The van der Waals surface area contributed by atoms with E-state index in [0.29, 0.717) is 11.3 Å². The molecule has 0 radical (unpaired) electrons. The fraction of sp³-hybridized carbons (Fsp3) is 0.278. The number of rotatable bonds is 6. The highest BCUT2D eigenvalue weighted by Gasteiger charge is 2.07. The molecule has 2 rings (SSSR count). The molecule has 3 heteroatoms. The largest absolute Gasteiger partial charge is 0.497 e. The fourth-order valence-electron chi connectivity index (χ4n) is 2.10. The highest BCUT2D eigenvalue weighted by molar-refractivity contribution is 6.04. The number of hydrogen-bond donors (Lipinski definition) is 1. The van der Waals surface area contributed by atoms with Gasteiger partial charge in [-0.1, -0.05) is 31.5 Å². The van der Waals surface area contributed by atoms with E-state index in [-0.39, 0.29) is 5.91 Å². The van der Waals surface area contributed by atoms with Crippen LogP contribution in [0.3, 0.4) is 0 Å². The monoisotopic (exact) mass is 283 g/mol. The van der Waals surface area contributed by atoms with E-state index in [1.165, 1.54) is 18.4 Å². The highest BCUT2D eigenvalue weighted by atomic mass is 16.5. The molecule has 0 aromatic heterocycles. The smallest absolute Gasteiger partial charge is 0.255 e. The third-order valence-corrected chi connectivity index (χ3v) is 3.36. The van der Waals surface area contributed by atoms with Crippen LogP contribution in [-0.2, 0) is 6.42 Å². The maximum absolute atomic E-state index is 12.2. The number of amides is 1. The standard InChI is InChI=1S/C18H21NO2/c1-3-4-6-14-9-11-16(12-10-14)19-18(20)15-7-5-8-17(13-15)21-2/h5,7-13H,3-4,6H2,1-2H3,(H,19,20). The molecular formula is C18H21NO2. The number of benzene rings is 2. The summed E-state index contributed by atoms with van der Waals surface area (Å²) in [4.78, 5) is 12.2. The molecule has 2 aromatic rings. The topological polar surface area (TPSA) is 38.3 Å². The van der Waals surface area contributed by atoms with Crippen molar-refractivity contribution in [2.24, 2.45) is 0 Å². The van der Waals surface area contributed by atoms with E-state index >= 15 is 0 Å². The average Bonchev–Trinajstić information content (AvgIpc) is 2.54. The molecule has 0 fully saturated rings. The van der Waals surface area contributed by atoms with E-state index in [9.17, 15) is 4.79 Å². The molecule has 0 aliphatic rings. The summed E-state index contributed by atoms with van der Waals surface area (Å²) in [5.74, 6) is 0.549. The Labute approximate surface area is 126 Å². The first-order chi connectivity index (χ1) is 10.2. The summed E-state index contributed by atoms with van der Waals surface area (Å²) >= 11 is 0. The Kier molecular flexibility index (Phi) is 5.38. The summed E-state index contributed by atoms with van der Waals surface area (Å²) in [7, 11) is 1.59. The number of nitrogens with one attached hydrogen (secondary N) is 1. The van der Waals surface area contributed by atoms with Crippen LogP contribution in [0, 0.1) is 0 Å². The maximum atomic E-state index is 12.2. The molecule has 0 spiro atoms. The minimum atomic E-state index is -0.129. The van der Waals surface area contributed by atoms with Crippen molar-refractivity contribution in [3.63, 3.8) is 0 Å². The van der Waals surface area contributed by atoms with Gasteiger partial charge in [-0.15, -0.1) is 0 Å². The van der Waals surface area contributed by atoms with Crippen molar-refractivity contribution in [3.8, 4) is 5.75 Å². The lowest BCUT2D eigenvalue weighted by atomic mass is 10.1. The Morgan fingerprint density at radius 1 is 1.14 bits per heavy atom. The van der Waals surface area contributed by atoms with Crippen LogP contribution >= 0.6 is 0 Å². The van der Waals surface area contributed by atoms with Crippen molar-refractivity contribution in [1.82, 2.24) is 0 Å². The summed E-state index contributed by atoms with van der Waals surface area (Å²) in [6.45, 7) is 2.18. The number of ether oxygens (including phenoxy) is 1. The second-order valence-electron chi connectivity index (χ2n) is 4.99. The van der Waals surface area contributed by atoms with E-state index in [1.54, 1.807) is 19.2 Å². The number of aryl methyl sites for hydroxylation is 1. The molecule has 3 nitrogen and oxygen atoms in total. The van der Waals surface area contributed by atoms with Crippen LogP contribution in [0.1, 0.15) is 35.7 Å². The Bertz CT molecular complexity index is 590. The van der Waals surface area contributed by atoms with Gasteiger partial charge in [-0.3, -0.25) is 4.79 Å². The summed E-state index contributed by atoms with van der Waals surface area (Å²) in [5, 5.41) is 2.90. The third-order valence-electron chi connectivity index (χ3n) is 3.36. The summed E-state index contributed by atoms with van der Waals surface area (Å²) in [5.41, 5.74) is 2.70. The van der Waals surface area contributed by atoms with E-state index in [2.05, 4.69) is 24.4 Å². The molecule has 0 heterocycles. The Morgan fingerprint density at radius 3 is 2.57 bits per heavy atom. The predicted octanol–water partition coefficient (Wildman–Crippen LogP) is 4.29. The van der Waals surface area contributed by atoms with Crippen LogP contribution in [0.25, 0.3) is 0 Å². The number of carbonyl (C=O) groups excluding carboxylic acids is 1. The van der Waals surface area contributed by atoms with Gasteiger partial charge in [0.05, 0.1) is 7.11 Å². The third kappa shape index (κ3) is 4.35. The molecule has 21 heavy (non-hydrogen) atoms. The van der Waals surface area contributed by atoms with Crippen molar-refractivity contribution in [2.45, 2.75) is 26.2 Å². The lowest BCUT2D eigenvalue weighted by molar-refractivity contribution is 0.102. The van der Waals surface area contributed by atoms with Gasteiger partial charge in [0.2, 0.25) is 0 Å². The van der Waals surface area contributed by atoms with Gasteiger partial charge >= 0.3 is 0 Å². The van der Waals surface area contributed by atoms with Crippen LogP contribution in [0.4, 0.5) is 5.69 Å². The zero-order valence-corrected chi connectivity index (χ0v) is 12.6. The molecule has 0 aliphatic heterocycles. The Morgan fingerprint density at radius 2 is 1.90 bits per heavy atom. The first-order valence-electron chi connectivity index (χ1n) is 7.27. The molecule has 1 amide bonds. The van der Waals surface area contributed by atoms with Gasteiger partial charge in [0.25, 0.3) is 5.91 Å². The number of unbranched alkanes of at least 4 members (excludes halogenated alkanes) is 1. The molecule has 0 aliphatic carbocycles. The fourth-order valence-corrected chi connectivity index (χ4v) is 2.10. The van der Waals surface area contributed by atoms with E-state index in [4.69, 9.17) is 4.74 Å². The van der Waals surface area contributed by atoms with Gasteiger partial charge in [0.15, 0.2) is 0 Å². The van der Waals surface area contributed by atoms with E-state index in [1.807, 2.05) is 24.3 Å². The zero-order chi connectivity index (χ0) is 15.1. The van der Waals surface area contributed by atoms with Crippen LogP contribution in [-0.4, -0.2) is 13.0 Å². The number of methoxy groups -OCH3 is 1. The lowest BCUT2D eigenvalue weighted by Crippen LogP contribution is -2.11. The zero-order valence-electron chi connectivity index (χ0n) is 12.6. The molecule has 1 N–H and O–H groups in total. The van der Waals surface area contributed by atoms with Crippen molar-refractivity contribution in [1.29, 1.82) is 0 Å². The van der Waals surface area contributed by atoms with Gasteiger partial charge in [-0.2, -0.15) is 0 Å². The van der Waals surface area contributed by atoms with Crippen molar-refractivity contribution in [3.05, 3.63) is 59.7 Å². The van der Waals surface area contributed by atoms with Crippen molar-refractivity contribution >= 4 is 11.6 Å². The SMILES string of the molecule is CCCCc1ccc(NC(=O)c2cccc(OC)c2)cc1. The Hall–Kier alpha value is -2.29. The van der Waals surface area contributed by atoms with Crippen LogP contribution in [0.2, 0.25) is 0 Å². The minimum Gasteiger partial charge on any atom is -0.497 e. The summed E-state index contributed by atoms with van der Waals surface area (Å²) in [6, 6.07) is 15.2. The molecule has 0 bridgehead atoms. The molecule has 110 valence electrons. The van der Waals surface area contributed by atoms with Crippen LogP contribution in [0.15, 0.2) is 48.5 Å². The van der Waals surface area contributed by atoms with Gasteiger partial charge < -0.3 is 10.1 Å². The lowest BCUT2D eigenvalue weighted by Gasteiger charge is -2.07. The highest BCUT2D eigenvalue weighted by Crippen LogP contribution is 2.16. The maximum Gasteiger partial charge on any atom is 0.255 e. The van der Waals surface area contributed by atoms with E-state index < -0.39 is 0 Å². The first-order valence-corrected chi connectivity index (χ1v) is 7.27. The number of hydrogen-bond acceptors (Lipinski definition) is 2. The van der Waals surface area contributed by atoms with Gasteiger partial charge in [-0.05, 0) is 48.7 Å². The minimum absolute atomic E-state index is 0.129. The molecule has 2 aromatic carbocycles. The van der Waals surface area contributed by atoms with Gasteiger partial charge in [0.1, 0.15) is 5.75 Å². The average molecular weight is 283 g/mol. The quantitative estimate of drug-likeness (QED) is 0.858. The van der Waals surface area contributed by atoms with Crippen LogP contribution in [0.5, 0.6) is 5.75 Å². The van der Waals surface area contributed by atoms with Crippen molar-refractivity contribution in [2.75, 3.05) is 12.4 Å². The molecular weight excluding hydrogens is 262 g/mol. The molecule has 0 unspecified atom stereocenters. The van der Waals surface area contributed by atoms with Gasteiger partial charge in [-0.25, -0.2) is 0 Å². The Balaban J connectivity index is 2.01. The predicted molar refractivity (Wildman–Crippen MR) is 86.0 cm³/mol. The number of carbonyl (C=O) groups is 1. The first kappa shape index (κ1) is 15.1.